The third-order valence-electron chi connectivity index (χ3n) is 4.97. The smallest absolute Gasteiger partial charge is 0.293 e. The highest BCUT2D eigenvalue weighted by atomic mass is 32.2. The van der Waals surface area contributed by atoms with Crippen molar-refractivity contribution in [2.45, 2.75) is 13.5 Å². The molecule has 28 heavy (non-hydrogen) atoms. The molecule has 0 unspecified atom stereocenters. The van der Waals surface area contributed by atoms with Crippen LogP contribution in [0.25, 0.3) is 17.0 Å². The monoisotopic (exact) mass is 399 g/mol. The lowest BCUT2D eigenvalue weighted by molar-refractivity contribution is -0.135. The van der Waals surface area contributed by atoms with Crippen molar-refractivity contribution >= 4 is 45.8 Å². The molecule has 0 N–H and O–H groups in total. The topological polar surface area (TPSA) is 71.8 Å². The molecule has 2 aliphatic heterocycles. The Balaban J connectivity index is 1.65. The van der Waals surface area contributed by atoms with Crippen LogP contribution in [0, 0.1) is 0 Å². The summed E-state index contributed by atoms with van der Waals surface area (Å²) in [5, 5.41) is 0.700. The van der Waals surface area contributed by atoms with Gasteiger partial charge in [0.2, 0.25) is 5.91 Å². The minimum Gasteiger partial charge on any atom is -0.378 e. The summed E-state index contributed by atoms with van der Waals surface area (Å²) in [5.74, 6) is -0.222. The van der Waals surface area contributed by atoms with Crippen LogP contribution >= 0.6 is 11.8 Å². The van der Waals surface area contributed by atoms with Gasteiger partial charge in [0, 0.05) is 42.3 Å². The number of hydrogen-bond donors (Lipinski definition) is 0. The van der Waals surface area contributed by atoms with Gasteiger partial charge >= 0.3 is 0 Å². The molecule has 146 valence electrons. The maximum absolute atomic E-state index is 12.7. The summed E-state index contributed by atoms with van der Waals surface area (Å²) >= 11 is 0.956. The number of benzene rings is 1. The van der Waals surface area contributed by atoms with Crippen molar-refractivity contribution in [1.29, 1.82) is 0 Å². The maximum atomic E-state index is 12.7. The molecule has 0 bridgehead atoms. The largest absolute Gasteiger partial charge is 0.378 e. The van der Waals surface area contributed by atoms with Crippen LogP contribution in [0.3, 0.4) is 0 Å². The van der Waals surface area contributed by atoms with Gasteiger partial charge in [-0.15, -0.1) is 0 Å². The number of para-hydroxylation sites is 1. The number of carbonyl (C=O) groups excluding carboxylic acids is 3. The van der Waals surface area contributed by atoms with Crippen molar-refractivity contribution in [3.63, 3.8) is 0 Å². The first-order valence-corrected chi connectivity index (χ1v) is 10.1. The van der Waals surface area contributed by atoms with Crippen molar-refractivity contribution in [1.82, 2.24) is 14.4 Å². The lowest BCUT2D eigenvalue weighted by Crippen LogP contribution is -2.42. The first kappa shape index (κ1) is 18.8. The van der Waals surface area contributed by atoms with E-state index in [-0.39, 0.29) is 23.6 Å². The van der Waals surface area contributed by atoms with Crippen molar-refractivity contribution in [2.24, 2.45) is 0 Å². The zero-order chi connectivity index (χ0) is 19.7. The number of morpholine rings is 1. The fourth-order valence-electron chi connectivity index (χ4n) is 3.49. The highest BCUT2D eigenvalue weighted by molar-refractivity contribution is 8.18. The number of nitrogens with zero attached hydrogens (tertiary/aromatic N) is 3. The van der Waals surface area contributed by atoms with E-state index in [1.54, 1.807) is 13.0 Å². The summed E-state index contributed by atoms with van der Waals surface area (Å²) in [7, 11) is 0. The third-order valence-corrected chi connectivity index (χ3v) is 5.87. The predicted molar refractivity (Wildman–Crippen MR) is 108 cm³/mol. The normalized spacial score (nSPS) is 19.2. The number of aromatic nitrogens is 1. The maximum Gasteiger partial charge on any atom is 0.293 e. The Labute approximate surface area is 166 Å². The molecule has 0 radical (unpaired) electrons. The van der Waals surface area contributed by atoms with Gasteiger partial charge in [0.15, 0.2) is 0 Å². The number of hydrogen-bond acceptors (Lipinski definition) is 5. The summed E-state index contributed by atoms with van der Waals surface area (Å²) in [4.78, 5) is 40.5. The first-order valence-electron chi connectivity index (χ1n) is 9.27. The predicted octanol–water partition coefficient (Wildman–Crippen LogP) is 2.56. The molecule has 0 spiro atoms. The van der Waals surface area contributed by atoms with E-state index in [0.29, 0.717) is 37.8 Å². The molecule has 1 aromatic carbocycles. The summed E-state index contributed by atoms with van der Waals surface area (Å²) < 4.78 is 7.22. The second-order valence-electron chi connectivity index (χ2n) is 6.65. The standard InChI is InChI=1S/C20H21N3O4S/c1-2-23-19(25)17(28-20(23)26)11-14-12-22(16-6-4-3-5-15(14)16)13-18(24)21-7-9-27-10-8-21/h3-6,11-12H,2,7-10,13H2,1H3/b17-11+. The number of carbonyl (C=O) groups is 3. The molecule has 0 saturated carbocycles. The van der Waals surface area contributed by atoms with Gasteiger partial charge in [-0.05, 0) is 30.8 Å². The highest BCUT2D eigenvalue weighted by Gasteiger charge is 2.33. The van der Waals surface area contributed by atoms with Crippen LogP contribution in [-0.2, 0) is 20.9 Å². The fraction of sp³-hybridized carbons (Fsp3) is 0.350. The molecule has 2 aromatic rings. The van der Waals surface area contributed by atoms with Gasteiger partial charge in [0.25, 0.3) is 11.1 Å². The van der Waals surface area contributed by atoms with Gasteiger partial charge in [-0.2, -0.15) is 0 Å². The second kappa shape index (κ2) is 7.81. The van der Waals surface area contributed by atoms with E-state index in [1.165, 1.54) is 4.90 Å². The Hall–Kier alpha value is -2.58. The summed E-state index contributed by atoms with van der Waals surface area (Å²) in [6, 6.07) is 7.76. The molecule has 2 saturated heterocycles. The van der Waals surface area contributed by atoms with Crippen molar-refractivity contribution < 1.29 is 19.1 Å². The van der Waals surface area contributed by atoms with Crippen LogP contribution < -0.4 is 0 Å². The van der Waals surface area contributed by atoms with Crippen molar-refractivity contribution in [2.75, 3.05) is 32.8 Å². The Bertz CT molecular complexity index is 975. The summed E-state index contributed by atoms with van der Waals surface area (Å²) in [6.07, 6.45) is 3.63. The van der Waals surface area contributed by atoms with Gasteiger partial charge in [-0.25, -0.2) is 0 Å². The van der Waals surface area contributed by atoms with Gasteiger partial charge in [-0.3, -0.25) is 19.3 Å². The molecule has 2 aliphatic rings. The molecule has 8 heteroatoms. The first-order chi connectivity index (χ1) is 13.6. The SMILES string of the molecule is CCN1C(=O)S/C(=C/c2cn(CC(=O)N3CCOCC3)c3ccccc23)C1=O. The molecular weight excluding hydrogens is 378 g/mol. The van der Waals surface area contributed by atoms with E-state index in [1.807, 2.05) is 39.9 Å². The lowest BCUT2D eigenvalue weighted by atomic mass is 10.1. The van der Waals surface area contributed by atoms with E-state index >= 15 is 0 Å². The molecule has 3 heterocycles. The van der Waals surface area contributed by atoms with Crippen molar-refractivity contribution in [3.8, 4) is 0 Å². The Morgan fingerprint density at radius 3 is 2.68 bits per heavy atom. The van der Waals surface area contributed by atoms with Crippen LogP contribution in [0.1, 0.15) is 12.5 Å². The number of likely N-dealkylation sites (N-methyl/N-ethyl adjacent to an activating group) is 1. The average molecular weight is 399 g/mol. The number of amides is 3. The molecule has 4 rings (SSSR count). The minimum absolute atomic E-state index is 0.0434. The molecule has 3 amide bonds. The van der Waals surface area contributed by atoms with Crippen LogP contribution in [-0.4, -0.2) is 64.3 Å². The summed E-state index contributed by atoms with van der Waals surface area (Å²) in [6.45, 7) is 4.71. The Kier molecular flexibility index (Phi) is 5.23. The molecular formula is C20H21N3O4S. The zero-order valence-corrected chi connectivity index (χ0v) is 16.4. The van der Waals surface area contributed by atoms with Gasteiger partial charge in [0.05, 0.1) is 18.1 Å². The van der Waals surface area contributed by atoms with E-state index < -0.39 is 0 Å². The second-order valence-corrected chi connectivity index (χ2v) is 7.64. The van der Waals surface area contributed by atoms with E-state index in [2.05, 4.69) is 0 Å². The van der Waals surface area contributed by atoms with Gasteiger partial charge in [0.1, 0.15) is 6.54 Å². The Morgan fingerprint density at radius 1 is 1.21 bits per heavy atom. The van der Waals surface area contributed by atoms with Crippen LogP contribution in [0.4, 0.5) is 4.79 Å². The van der Waals surface area contributed by atoms with Crippen LogP contribution in [0.2, 0.25) is 0 Å². The summed E-state index contributed by atoms with van der Waals surface area (Å²) in [5.41, 5.74) is 1.75. The molecule has 7 nitrogen and oxygen atoms in total. The van der Waals surface area contributed by atoms with Gasteiger partial charge in [-0.1, -0.05) is 18.2 Å². The molecule has 2 fully saturated rings. The van der Waals surface area contributed by atoms with Gasteiger partial charge < -0.3 is 14.2 Å². The molecule has 1 aromatic heterocycles. The molecule has 0 atom stereocenters. The van der Waals surface area contributed by atoms with Crippen LogP contribution in [0.15, 0.2) is 35.4 Å². The Morgan fingerprint density at radius 2 is 1.96 bits per heavy atom. The number of rotatable bonds is 4. The van der Waals surface area contributed by atoms with E-state index in [0.717, 1.165) is 28.2 Å². The minimum atomic E-state index is -0.265. The third kappa shape index (κ3) is 3.45. The van der Waals surface area contributed by atoms with E-state index in [9.17, 15) is 14.4 Å². The number of ether oxygens (including phenoxy) is 1. The number of fused-ring (bicyclic) bond motifs is 1. The zero-order valence-electron chi connectivity index (χ0n) is 15.6. The number of thioether (sulfide) groups is 1. The lowest BCUT2D eigenvalue weighted by Gasteiger charge is -2.27. The fourth-order valence-corrected chi connectivity index (χ4v) is 4.39. The van der Waals surface area contributed by atoms with Crippen LogP contribution in [0.5, 0.6) is 0 Å². The average Bonchev–Trinajstić information content (AvgIpc) is 3.19. The highest BCUT2D eigenvalue weighted by Crippen LogP contribution is 2.33. The molecule has 0 aliphatic carbocycles. The van der Waals surface area contributed by atoms with E-state index in [4.69, 9.17) is 4.74 Å². The quantitative estimate of drug-likeness (QED) is 0.739. The number of imide groups is 1. The van der Waals surface area contributed by atoms with Crippen molar-refractivity contribution in [3.05, 3.63) is 40.9 Å².